The summed E-state index contributed by atoms with van der Waals surface area (Å²) in [5.74, 6) is -0.456. The number of likely N-dealkylation sites (N-methyl/N-ethyl adjacent to an activating group) is 1. The summed E-state index contributed by atoms with van der Waals surface area (Å²) < 4.78 is 1.38. The van der Waals surface area contributed by atoms with Crippen LogP contribution in [0, 0.1) is 10.1 Å². The van der Waals surface area contributed by atoms with Gasteiger partial charge in [0, 0.05) is 18.6 Å². The molecule has 0 bridgehead atoms. The molecule has 0 saturated carbocycles. The molecule has 0 aliphatic carbocycles. The number of rotatable bonds is 5. The highest BCUT2D eigenvalue weighted by atomic mass is 35.5. The van der Waals surface area contributed by atoms with Crippen molar-refractivity contribution in [2.75, 3.05) is 7.05 Å². The lowest BCUT2D eigenvalue weighted by Gasteiger charge is -2.17. The van der Waals surface area contributed by atoms with Gasteiger partial charge in [0.1, 0.15) is 12.7 Å². The minimum absolute atomic E-state index is 0.00208. The van der Waals surface area contributed by atoms with Gasteiger partial charge < -0.3 is 19.6 Å². The van der Waals surface area contributed by atoms with Crippen LogP contribution >= 0.6 is 11.6 Å². The predicted molar refractivity (Wildman–Crippen MR) is 76.8 cm³/mol. The summed E-state index contributed by atoms with van der Waals surface area (Å²) in [5.41, 5.74) is 0.912. The number of nitro groups is 1. The Kier molecular flexibility index (Phi) is 4.54. The highest BCUT2D eigenvalue weighted by molar-refractivity contribution is 6.30. The first-order valence-electron chi connectivity index (χ1n) is 6.10. The van der Waals surface area contributed by atoms with Crippen molar-refractivity contribution in [1.29, 1.82) is 0 Å². The molecule has 110 valence electrons. The third-order valence-corrected chi connectivity index (χ3v) is 3.09. The van der Waals surface area contributed by atoms with Gasteiger partial charge >= 0.3 is 5.82 Å². The van der Waals surface area contributed by atoms with E-state index in [2.05, 4.69) is 4.98 Å². The van der Waals surface area contributed by atoms with Crippen LogP contribution in [0.2, 0.25) is 5.02 Å². The second-order valence-corrected chi connectivity index (χ2v) is 4.98. The van der Waals surface area contributed by atoms with E-state index >= 15 is 0 Å². The third kappa shape index (κ3) is 4.03. The molecule has 0 N–H and O–H groups in total. The smallest absolute Gasteiger partial charge is 0.358 e. The normalized spacial score (nSPS) is 10.4. The molecule has 0 fully saturated rings. The molecular weight excluding hydrogens is 296 g/mol. The van der Waals surface area contributed by atoms with Gasteiger partial charge in [0.15, 0.2) is 0 Å². The predicted octanol–water partition coefficient (Wildman–Crippen LogP) is 2.10. The van der Waals surface area contributed by atoms with Gasteiger partial charge in [0.05, 0.1) is 0 Å². The van der Waals surface area contributed by atoms with Gasteiger partial charge in [-0.05, 0) is 27.6 Å². The van der Waals surface area contributed by atoms with Crippen LogP contribution in [0.5, 0.6) is 0 Å². The molecule has 8 heteroatoms. The Labute approximate surface area is 125 Å². The van der Waals surface area contributed by atoms with E-state index in [1.165, 1.54) is 22.0 Å². The van der Waals surface area contributed by atoms with Crippen LogP contribution in [-0.4, -0.2) is 32.3 Å². The lowest BCUT2D eigenvalue weighted by molar-refractivity contribution is -0.389. The van der Waals surface area contributed by atoms with Gasteiger partial charge in [-0.2, -0.15) is 0 Å². The molecule has 0 saturated heterocycles. The summed E-state index contributed by atoms with van der Waals surface area (Å²) in [6.45, 7) is 0.411. The number of amides is 1. The average molecular weight is 309 g/mol. The molecule has 2 rings (SSSR count). The number of benzene rings is 1. The maximum absolute atomic E-state index is 12.1. The van der Waals surface area contributed by atoms with Crippen LogP contribution in [0.15, 0.2) is 36.8 Å². The number of aromatic nitrogens is 2. The maximum Gasteiger partial charge on any atom is 0.381 e. The lowest BCUT2D eigenvalue weighted by Crippen LogP contribution is -2.29. The summed E-state index contributed by atoms with van der Waals surface area (Å²) >= 11 is 5.89. The van der Waals surface area contributed by atoms with Crippen molar-refractivity contribution < 1.29 is 9.72 Å². The van der Waals surface area contributed by atoms with Crippen molar-refractivity contribution in [3.05, 3.63) is 57.5 Å². The number of halogens is 1. The first-order chi connectivity index (χ1) is 9.95. The van der Waals surface area contributed by atoms with E-state index in [4.69, 9.17) is 11.6 Å². The molecular formula is C13H13ClN4O3. The van der Waals surface area contributed by atoms with Crippen LogP contribution in [0.4, 0.5) is 5.82 Å². The Balaban J connectivity index is 1.97. The van der Waals surface area contributed by atoms with Crippen LogP contribution < -0.4 is 0 Å². The maximum atomic E-state index is 12.1. The zero-order chi connectivity index (χ0) is 15.4. The topological polar surface area (TPSA) is 81.3 Å². The van der Waals surface area contributed by atoms with Crippen molar-refractivity contribution in [2.45, 2.75) is 13.1 Å². The Morgan fingerprint density at radius 3 is 2.90 bits per heavy atom. The van der Waals surface area contributed by atoms with Crippen molar-refractivity contribution >= 4 is 23.3 Å². The van der Waals surface area contributed by atoms with Gasteiger partial charge in [0.2, 0.25) is 12.2 Å². The molecule has 0 aliphatic rings. The standard InChI is InChI=1S/C13H13ClN4O3/c1-16(6-10-3-2-4-11(14)5-10)13(19)8-17-7-12(15-9-17)18(20)21/h2-5,7,9H,6,8H2,1H3. The molecule has 1 amide bonds. The third-order valence-electron chi connectivity index (χ3n) is 2.86. The molecule has 0 aliphatic heterocycles. The van der Waals surface area contributed by atoms with Crippen LogP contribution in [0.25, 0.3) is 0 Å². The summed E-state index contributed by atoms with van der Waals surface area (Å²) in [5, 5.41) is 11.1. The SMILES string of the molecule is CN(Cc1cccc(Cl)c1)C(=O)Cn1cnc([N+](=O)[O-])c1. The number of carbonyl (C=O) groups is 1. The first-order valence-corrected chi connectivity index (χ1v) is 6.48. The zero-order valence-corrected chi connectivity index (χ0v) is 12.0. The molecule has 0 atom stereocenters. The summed E-state index contributed by atoms with van der Waals surface area (Å²) in [6.07, 6.45) is 2.49. The number of imidazole rings is 1. The highest BCUT2D eigenvalue weighted by Gasteiger charge is 2.14. The zero-order valence-electron chi connectivity index (χ0n) is 11.3. The monoisotopic (exact) mass is 308 g/mol. The van der Waals surface area contributed by atoms with Crippen LogP contribution in [-0.2, 0) is 17.9 Å². The second kappa shape index (κ2) is 6.36. The molecule has 7 nitrogen and oxygen atoms in total. The first kappa shape index (κ1) is 15.0. The Bertz CT molecular complexity index is 671. The number of hydrogen-bond acceptors (Lipinski definition) is 4. The fraction of sp³-hybridized carbons (Fsp3) is 0.231. The Hall–Kier alpha value is -2.41. The van der Waals surface area contributed by atoms with Gasteiger partial charge in [-0.15, -0.1) is 0 Å². The van der Waals surface area contributed by atoms with E-state index in [1.54, 1.807) is 19.2 Å². The van der Waals surface area contributed by atoms with E-state index in [1.807, 2.05) is 12.1 Å². The molecule has 21 heavy (non-hydrogen) atoms. The van der Waals surface area contributed by atoms with E-state index in [-0.39, 0.29) is 18.3 Å². The quantitative estimate of drug-likeness (QED) is 0.625. The van der Waals surface area contributed by atoms with Crippen molar-refractivity contribution in [3.8, 4) is 0 Å². The molecule has 1 aromatic carbocycles. The summed E-state index contributed by atoms with van der Waals surface area (Å²) in [6, 6.07) is 7.23. The van der Waals surface area contributed by atoms with E-state index in [9.17, 15) is 14.9 Å². The van der Waals surface area contributed by atoms with Crippen molar-refractivity contribution in [1.82, 2.24) is 14.5 Å². The molecule has 2 aromatic rings. The van der Waals surface area contributed by atoms with Gasteiger partial charge in [-0.25, -0.2) is 0 Å². The Morgan fingerprint density at radius 1 is 1.52 bits per heavy atom. The molecule has 0 radical (unpaired) electrons. The minimum Gasteiger partial charge on any atom is -0.358 e. The lowest BCUT2D eigenvalue weighted by atomic mass is 10.2. The molecule has 1 heterocycles. The number of nitrogens with zero attached hydrogens (tertiary/aromatic N) is 4. The fourth-order valence-corrected chi connectivity index (χ4v) is 2.02. The largest absolute Gasteiger partial charge is 0.381 e. The van der Waals surface area contributed by atoms with E-state index in [0.717, 1.165) is 5.56 Å². The Morgan fingerprint density at radius 2 is 2.29 bits per heavy atom. The van der Waals surface area contributed by atoms with E-state index < -0.39 is 4.92 Å². The van der Waals surface area contributed by atoms with Gasteiger partial charge in [0.25, 0.3) is 0 Å². The van der Waals surface area contributed by atoms with Gasteiger partial charge in [-0.3, -0.25) is 4.79 Å². The number of hydrogen-bond donors (Lipinski definition) is 0. The van der Waals surface area contributed by atoms with Crippen molar-refractivity contribution in [2.24, 2.45) is 0 Å². The summed E-state index contributed by atoms with van der Waals surface area (Å²) in [4.78, 5) is 27.1. The van der Waals surface area contributed by atoms with Crippen LogP contribution in [0.1, 0.15) is 5.56 Å². The molecule has 0 unspecified atom stereocenters. The van der Waals surface area contributed by atoms with Crippen molar-refractivity contribution in [3.63, 3.8) is 0 Å². The van der Waals surface area contributed by atoms with Crippen LogP contribution in [0.3, 0.4) is 0 Å². The minimum atomic E-state index is -0.601. The average Bonchev–Trinajstić information content (AvgIpc) is 2.87. The fourth-order valence-electron chi connectivity index (χ4n) is 1.80. The summed E-state index contributed by atoms with van der Waals surface area (Å²) in [7, 11) is 1.66. The molecule has 1 aromatic heterocycles. The van der Waals surface area contributed by atoms with E-state index in [0.29, 0.717) is 11.6 Å². The van der Waals surface area contributed by atoms with Gasteiger partial charge in [-0.1, -0.05) is 23.7 Å². The number of carbonyl (C=O) groups excluding carboxylic acids is 1. The molecule has 0 spiro atoms. The second-order valence-electron chi connectivity index (χ2n) is 4.54. The highest BCUT2D eigenvalue weighted by Crippen LogP contribution is 2.12.